The molecule has 0 aliphatic rings. The third-order valence-corrected chi connectivity index (χ3v) is 2.73. The Labute approximate surface area is 107 Å². The van der Waals surface area contributed by atoms with Crippen LogP contribution in [0.5, 0.6) is 5.75 Å². The van der Waals surface area contributed by atoms with E-state index in [4.69, 9.17) is 21.4 Å². The van der Waals surface area contributed by atoms with Crippen molar-refractivity contribution in [1.29, 1.82) is 0 Å². The van der Waals surface area contributed by atoms with Crippen LogP contribution in [0.1, 0.15) is 19.3 Å². The van der Waals surface area contributed by atoms with Gasteiger partial charge in [0.05, 0.1) is 11.6 Å². The number of carbonyl (C=O) groups is 1. The van der Waals surface area contributed by atoms with Crippen LogP contribution < -0.4 is 4.74 Å². The van der Waals surface area contributed by atoms with Crippen LogP contribution in [0, 0.1) is 0 Å². The summed E-state index contributed by atoms with van der Waals surface area (Å²) in [4.78, 5) is 10.3. The van der Waals surface area contributed by atoms with Crippen molar-refractivity contribution >= 4 is 33.5 Å². The number of hydrogen-bond acceptors (Lipinski definition) is 2. The van der Waals surface area contributed by atoms with Gasteiger partial charge in [0.2, 0.25) is 0 Å². The molecule has 16 heavy (non-hydrogen) atoms. The smallest absolute Gasteiger partial charge is 0.303 e. The molecule has 1 aromatic carbocycles. The van der Waals surface area contributed by atoms with Crippen molar-refractivity contribution in [2.75, 3.05) is 6.61 Å². The Morgan fingerprint density at radius 3 is 2.81 bits per heavy atom. The maximum Gasteiger partial charge on any atom is 0.303 e. The normalized spacial score (nSPS) is 10.1. The molecule has 0 aliphatic heterocycles. The molecule has 0 amide bonds. The Bertz CT molecular complexity index is 368. The quantitative estimate of drug-likeness (QED) is 0.814. The van der Waals surface area contributed by atoms with E-state index >= 15 is 0 Å². The molecule has 3 nitrogen and oxygen atoms in total. The number of aliphatic carboxylic acids is 1. The highest BCUT2D eigenvalue weighted by molar-refractivity contribution is 9.10. The van der Waals surface area contributed by atoms with Crippen LogP contribution in [-0.2, 0) is 4.79 Å². The Morgan fingerprint density at radius 1 is 1.44 bits per heavy atom. The van der Waals surface area contributed by atoms with E-state index in [9.17, 15) is 4.79 Å². The monoisotopic (exact) mass is 306 g/mol. The van der Waals surface area contributed by atoms with Gasteiger partial charge in [0.15, 0.2) is 0 Å². The number of ether oxygens (including phenoxy) is 1. The van der Waals surface area contributed by atoms with Gasteiger partial charge in [0, 0.05) is 10.9 Å². The molecule has 1 rings (SSSR count). The van der Waals surface area contributed by atoms with Crippen LogP contribution in [0.3, 0.4) is 0 Å². The number of carboxylic acid groups (broad SMARTS) is 1. The average molecular weight is 308 g/mol. The summed E-state index contributed by atoms with van der Waals surface area (Å²) < 4.78 is 6.33. The summed E-state index contributed by atoms with van der Waals surface area (Å²) in [5.74, 6) is -0.151. The Hall–Kier alpha value is -0.740. The lowest BCUT2D eigenvalue weighted by atomic mass is 10.2. The lowest BCUT2D eigenvalue weighted by Crippen LogP contribution is -2.00. The van der Waals surface area contributed by atoms with Crippen LogP contribution in [0.4, 0.5) is 0 Å². The zero-order chi connectivity index (χ0) is 12.0. The van der Waals surface area contributed by atoms with Crippen molar-refractivity contribution in [3.8, 4) is 5.75 Å². The molecular formula is C11H12BrClO3. The van der Waals surface area contributed by atoms with E-state index in [-0.39, 0.29) is 6.42 Å². The van der Waals surface area contributed by atoms with Crippen molar-refractivity contribution in [3.05, 3.63) is 27.7 Å². The molecule has 0 heterocycles. The van der Waals surface area contributed by atoms with Crippen molar-refractivity contribution in [2.45, 2.75) is 19.3 Å². The molecule has 0 saturated carbocycles. The third-order valence-electron chi connectivity index (χ3n) is 1.94. The van der Waals surface area contributed by atoms with Gasteiger partial charge in [-0.1, -0.05) is 27.5 Å². The van der Waals surface area contributed by atoms with Crippen molar-refractivity contribution < 1.29 is 14.6 Å². The highest BCUT2D eigenvalue weighted by Gasteiger charge is 2.02. The topological polar surface area (TPSA) is 46.5 Å². The molecule has 1 N–H and O–H groups in total. The molecule has 0 saturated heterocycles. The molecule has 0 aromatic heterocycles. The van der Waals surface area contributed by atoms with Gasteiger partial charge in [-0.3, -0.25) is 4.79 Å². The van der Waals surface area contributed by atoms with Crippen LogP contribution in [0.15, 0.2) is 22.7 Å². The minimum absolute atomic E-state index is 0.178. The largest absolute Gasteiger partial charge is 0.492 e. The van der Waals surface area contributed by atoms with Gasteiger partial charge in [-0.05, 0) is 31.0 Å². The van der Waals surface area contributed by atoms with Crippen LogP contribution >= 0.6 is 27.5 Å². The Balaban J connectivity index is 2.29. The lowest BCUT2D eigenvalue weighted by Gasteiger charge is -2.07. The first-order chi connectivity index (χ1) is 7.59. The summed E-state index contributed by atoms with van der Waals surface area (Å²) in [5.41, 5.74) is 0. The molecule has 0 bridgehead atoms. The number of unbranched alkanes of at least 4 members (excludes halogenated alkanes) is 1. The zero-order valence-corrected chi connectivity index (χ0v) is 10.9. The molecule has 0 aliphatic carbocycles. The van der Waals surface area contributed by atoms with Gasteiger partial charge in [-0.25, -0.2) is 0 Å². The van der Waals surface area contributed by atoms with Gasteiger partial charge >= 0.3 is 5.97 Å². The second kappa shape index (κ2) is 6.76. The molecular weight excluding hydrogens is 295 g/mol. The first-order valence-electron chi connectivity index (χ1n) is 4.89. The lowest BCUT2D eigenvalue weighted by molar-refractivity contribution is -0.137. The standard InChI is InChI=1S/C11H12BrClO3/c12-8-4-5-10(9(13)7-8)16-6-2-1-3-11(14)15/h4-5,7H,1-3,6H2,(H,14,15). The molecule has 1 aromatic rings. The number of halogens is 2. The number of carboxylic acids is 1. The first kappa shape index (κ1) is 13.3. The molecule has 0 atom stereocenters. The molecule has 88 valence electrons. The fourth-order valence-corrected chi connectivity index (χ4v) is 1.88. The SMILES string of the molecule is O=C(O)CCCCOc1ccc(Br)cc1Cl. The summed E-state index contributed by atoms with van der Waals surface area (Å²) in [6.45, 7) is 0.481. The zero-order valence-electron chi connectivity index (χ0n) is 8.58. The molecule has 0 unspecified atom stereocenters. The average Bonchev–Trinajstić information content (AvgIpc) is 2.20. The Morgan fingerprint density at radius 2 is 2.19 bits per heavy atom. The fraction of sp³-hybridized carbons (Fsp3) is 0.364. The second-order valence-electron chi connectivity index (χ2n) is 3.27. The molecule has 5 heteroatoms. The fourth-order valence-electron chi connectivity index (χ4n) is 1.15. The van der Waals surface area contributed by atoms with Gasteiger partial charge in [0.1, 0.15) is 5.75 Å². The predicted octanol–water partition coefficient (Wildman–Crippen LogP) is 3.74. The first-order valence-corrected chi connectivity index (χ1v) is 6.06. The summed E-state index contributed by atoms with van der Waals surface area (Å²) in [7, 11) is 0. The summed E-state index contributed by atoms with van der Waals surface area (Å²) >= 11 is 9.24. The van der Waals surface area contributed by atoms with E-state index in [1.54, 1.807) is 12.1 Å². The highest BCUT2D eigenvalue weighted by Crippen LogP contribution is 2.27. The minimum atomic E-state index is -0.776. The third kappa shape index (κ3) is 4.86. The van der Waals surface area contributed by atoms with Gasteiger partial charge in [-0.15, -0.1) is 0 Å². The maximum atomic E-state index is 10.3. The number of hydrogen-bond donors (Lipinski definition) is 1. The van der Waals surface area contributed by atoms with E-state index in [0.717, 1.165) is 4.47 Å². The molecule has 0 fully saturated rings. The summed E-state index contributed by atoms with van der Waals surface area (Å²) in [5, 5.41) is 8.99. The van der Waals surface area contributed by atoms with E-state index in [2.05, 4.69) is 15.9 Å². The summed E-state index contributed by atoms with van der Waals surface area (Å²) in [6.07, 6.45) is 1.50. The number of benzene rings is 1. The second-order valence-corrected chi connectivity index (χ2v) is 4.60. The summed E-state index contributed by atoms with van der Waals surface area (Å²) in [6, 6.07) is 5.39. The van der Waals surface area contributed by atoms with Gasteiger partial charge in [-0.2, -0.15) is 0 Å². The van der Waals surface area contributed by atoms with E-state index in [0.29, 0.717) is 30.2 Å². The van der Waals surface area contributed by atoms with E-state index in [1.165, 1.54) is 0 Å². The van der Waals surface area contributed by atoms with E-state index in [1.807, 2.05) is 6.07 Å². The van der Waals surface area contributed by atoms with Crippen LogP contribution in [0.25, 0.3) is 0 Å². The maximum absolute atomic E-state index is 10.3. The van der Waals surface area contributed by atoms with Crippen molar-refractivity contribution in [3.63, 3.8) is 0 Å². The highest BCUT2D eigenvalue weighted by atomic mass is 79.9. The Kier molecular flexibility index (Phi) is 5.63. The predicted molar refractivity (Wildman–Crippen MR) is 66.1 cm³/mol. The van der Waals surface area contributed by atoms with E-state index < -0.39 is 5.97 Å². The van der Waals surface area contributed by atoms with Gasteiger partial charge in [0.25, 0.3) is 0 Å². The minimum Gasteiger partial charge on any atom is -0.492 e. The van der Waals surface area contributed by atoms with Crippen molar-refractivity contribution in [2.24, 2.45) is 0 Å². The van der Waals surface area contributed by atoms with Crippen LogP contribution in [0.2, 0.25) is 5.02 Å². The van der Waals surface area contributed by atoms with Crippen molar-refractivity contribution in [1.82, 2.24) is 0 Å². The number of rotatable bonds is 6. The molecule has 0 spiro atoms. The molecule has 0 radical (unpaired) electrons. The van der Waals surface area contributed by atoms with Gasteiger partial charge < -0.3 is 9.84 Å². The van der Waals surface area contributed by atoms with Crippen LogP contribution in [-0.4, -0.2) is 17.7 Å².